The van der Waals surface area contributed by atoms with Crippen LogP contribution in [-0.4, -0.2) is 28.7 Å². The van der Waals surface area contributed by atoms with Crippen LogP contribution in [0.25, 0.3) is 11.1 Å². The molecule has 1 aliphatic heterocycles. The summed E-state index contributed by atoms with van der Waals surface area (Å²) in [6.45, 7) is 9.97. The van der Waals surface area contributed by atoms with E-state index in [1.807, 2.05) is 49.5 Å². The van der Waals surface area contributed by atoms with Gasteiger partial charge in [-0.15, -0.1) is 0 Å². The molecule has 0 fully saturated rings. The lowest BCUT2D eigenvalue weighted by Gasteiger charge is -2.20. The number of pyridine rings is 1. The van der Waals surface area contributed by atoms with Crippen LogP contribution in [0.2, 0.25) is 0 Å². The molecule has 5 heteroatoms. The molecular formula is C35H39F2N3. The Labute approximate surface area is 237 Å². The summed E-state index contributed by atoms with van der Waals surface area (Å²) in [5.41, 5.74) is 6.14. The fraction of sp³-hybridized carbons (Fsp3) is 0.314. The summed E-state index contributed by atoms with van der Waals surface area (Å²) in [5, 5.41) is 0. The van der Waals surface area contributed by atoms with Crippen LogP contribution in [-0.2, 0) is 6.54 Å². The van der Waals surface area contributed by atoms with Crippen molar-refractivity contribution in [2.24, 2.45) is 4.99 Å². The van der Waals surface area contributed by atoms with Crippen molar-refractivity contribution < 1.29 is 8.78 Å². The Hall–Kier alpha value is -3.70. The van der Waals surface area contributed by atoms with Crippen molar-refractivity contribution in [3.63, 3.8) is 0 Å². The van der Waals surface area contributed by atoms with Gasteiger partial charge in [0.2, 0.25) is 0 Å². The molecule has 0 amide bonds. The zero-order valence-electron chi connectivity index (χ0n) is 23.8. The lowest BCUT2D eigenvalue weighted by molar-refractivity contribution is 0.266. The highest BCUT2D eigenvalue weighted by molar-refractivity contribution is 6.02. The molecule has 1 unspecified atom stereocenters. The Kier molecular flexibility index (Phi) is 10.7. The van der Waals surface area contributed by atoms with Crippen molar-refractivity contribution in [1.82, 2.24) is 9.88 Å². The van der Waals surface area contributed by atoms with Crippen LogP contribution in [0.15, 0.2) is 96.1 Å². The molecule has 0 saturated heterocycles. The Morgan fingerprint density at radius 2 is 1.43 bits per heavy atom. The molecule has 0 spiro atoms. The fourth-order valence-electron chi connectivity index (χ4n) is 5.08. The Bertz CT molecular complexity index is 1340. The molecule has 3 aromatic carbocycles. The standard InChI is InChI=1S/C22H18F2N2.C13H21N/c1-14-5-6-17(13-25-14)15-7-9-16(10-8-15)20-11-12-21(26-20)22-18(23)3-2-4-19(22)24;1-3-10-14(11-4-2)12-13-8-6-5-7-9-13/h2-10,13,20H,11-12H2,1H3;5-9H,3-4,10-12H2,1-2H3. The molecular weight excluding hydrogens is 500 g/mol. The van der Waals surface area contributed by atoms with Crippen molar-refractivity contribution >= 4 is 5.71 Å². The average Bonchev–Trinajstić information content (AvgIpc) is 3.45. The lowest BCUT2D eigenvalue weighted by Crippen LogP contribution is -2.24. The number of nitrogens with zero attached hydrogens (tertiary/aromatic N) is 3. The van der Waals surface area contributed by atoms with E-state index in [1.54, 1.807) is 0 Å². The number of hydrogen-bond acceptors (Lipinski definition) is 3. The highest BCUT2D eigenvalue weighted by atomic mass is 19.1. The summed E-state index contributed by atoms with van der Waals surface area (Å²) in [4.78, 5) is 11.4. The molecule has 1 aromatic heterocycles. The molecule has 0 saturated carbocycles. The molecule has 0 N–H and O–H groups in total. The van der Waals surface area contributed by atoms with Gasteiger partial charge in [0.15, 0.2) is 0 Å². The second-order valence-electron chi connectivity index (χ2n) is 10.3. The molecule has 208 valence electrons. The predicted octanol–water partition coefficient (Wildman–Crippen LogP) is 8.97. The van der Waals surface area contributed by atoms with Crippen molar-refractivity contribution in [2.75, 3.05) is 13.1 Å². The normalized spacial score (nSPS) is 14.6. The van der Waals surface area contributed by atoms with E-state index in [1.165, 1.54) is 49.7 Å². The van der Waals surface area contributed by atoms with E-state index in [9.17, 15) is 8.78 Å². The first-order valence-electron chi connectivity index (χ1n) is 14.3. The summed E-state index contributed by atoms with van der Waals surface area (Å²) >= 11 is 0. The van der Waals surface area contributed by atoms with Gasteiger partial charge in [-0.3, -0.25) is 14.9 Å². The van der Waals surface area contributed by atoms with E-state index < -0.39 is 11.6 Å². The highest BCUT2D eigenvalue weighted by Crippen LogP contribution is 2.33. The second-order valence-corrected chi connectivity index (χ2v) is 10.3. The highest BCUT2D eigenvalue weighted by Gasteiger charge is 2.24. The van der Waals surface area contributed by atoms with Gasteiger partial charge in [-0.25, -0.2) is 8.78 Å². The summed E-state index contributed by atoms with van der Waals surface area (Å²) in [6, 6.07) is 26.8. The van der Waals surface area contributed by atoms with E-state index in [0.29, 0.717) is 12.1 Å². The van der Waals surface area contributed by atoms with E-state index >= 15 is 0 Å². The number of aliphatic imine (C=N–C) groups is 1. The fourth-order valence-corrected chi connectivity index (χ4v) is 5.08. The van der Waals surface area contributed by atoms with E-state index in [2.05, 4.69) is 59.1 Å². The van der Waals surface area contributed by atoms with Gasteiger partial charge in [0.05, 0.1) is 11.6 Å². The maximum absolute atomic E-state index is 14.0. The second kappa shape index (κ2) is 14.6. The topological polar surface area (TPSA) is 28.5 Å². The minimum Gasteiger partial charge on any atom is -0.299 e. The number of aromatic nitrogens is 1. The lowest BCUT2D eigenvalue weighted by atomic mass is 10.00. The molecule has 2 heterocycles. The van der Waals surface area contributed by atoms with Crippen molar-refractivity contribution in [3.8, 4) is 11.1 Å². The van der Waals surface area contributed by atoms with Crippen LogP contribution >= 0.6 is 0 Å². The van der Waals surface area contributed by atoms with Crippen LogP contribution in [0, 0.1) is 18.6 Å². The number of aryl methyl sites for hydroxylation is 1. The zero-order chi connectivity index (χ0) is 28.3. The zero-order valence-corrected chi connectivity index (χ0v) is 23.8. The smallest absolute Gasteiger partial charge is 0.135 e. The summed E-state index contributed by atoms with van der Waals surface area (Å²) in [5.74, 6) is -1.10. The van der Waals surface area contributed by atoms with Gasteiger partial charge in [0.25, 0.3) is 0 Å². The molecule has 0 aliphatic carbocycles. The molecule has 1 atom stereocenters. The van der Waals surface area contributed by atoms with Gasteiger partial charge in [-0.2, -0.15) is 0 Å². The Balaban J connectivity index is 0.000000224. The summed E-state index contributed by atoms with van der Waals surface area (Å²) < 4.78 is 27.9. The molecule has 1 aliphatic rings. The van der Waals surface area contributed by atoms with Crippen molar-refractivity contribution in [2.45, 2.75) is 59.0 Å². The largest absolute Gasteiger partial charge is 0.299 e. The first kappa shape index (κ1) is 29.3. The molecule has 0 bridgehead atoms. The van der Waals surface area contributed by atoms with Gasteiger partial charge >= 0.3 is 0 Å². The molecule has 40 heavy (non-hydrogen) atoms. The van der Waals surface area contributed by atoms with Crippen molar-refractivity contribution in [1.29, 1.82) is 0 Å². The van der Waals surface area contributed by atoms with Gasteiger partial charge < -0.3 is 0 Å². The van der Waals surface area contributed by atoms with Crippen molar-refractivity contribution in [3.05, 3.63) is 125 Å². The van der Waals surface area contributed by atoms with Crippen LogP contribution in [0.3, 0.4) is 0 Å². The number of hydrogen-bond donors (Lipinski definition) is 0. The van der Waals surface area contributed by atoms with E-state index in [0.717, 1.165) is 35.3 Å². The summed E-state index contributed by atoms with van der Waals surface area (Å²) in [6.07, 6.45) is 5.68. The third-order valence-electron chi connectivity index (χ3n) is 7.09. The van der Waals surface area contributed by atoms with Gasteiger partial charge in [0.1, 0.15) is 11.6 Å². The SMILES string of the molecule is CCCN(CCC)Cc1ccccc1.Cc1ccc(-c2ccc(C3CCC(c4c(F)cccc4F)=N3)cc2)cn1. The molecule has 5 rings (SSSR count). The van der Waals surface area contributed by atoms with Crippen LogP contribution in [0.1, 0.15) is 68.0 Å². The van der Waals surface area contributed by atoms with Crippen LogP contribution in [0.4, 0.5) is 8.78 Å². The van der Waals surface area contributed by atoms with Crippen LogP contribution < -0.4 is 0 Å². The van der Waals surface area contributed by atoms with Gasteiger partial charge in [-0.1, -0.05) is 80.6 Å². The van der Waals surface area contributed by atoms with E-state index in [-0.39, 0.29) is 11.6 Å². The number of rotatable bonds is 9. The van der Waals surface area contributed by atoms with Gasteiger partial charge in [-0.05, 0) is 80.6 Å². The Morgan fingerprint density at radius 3 is 2.02 bits per heavy atom. The monoisotopic (exact) mass is 539 g/mol. The Morgan fingerprint density at radius 1 is 0.775 bits per heavy atom. The van der Waals surface area contributed by atoms with Crippen LogP contribution in [0.5, 0.6) is 0 Å². The minimum absolute atomic E-state index is 0.0114. The average molecular weight is 540 g/mol. The van der Waals surface area contributed by atoms with Gasteiger partial charge in [0, 0.05) is 29.7 Å². The molecule has 3 nitrogen and oxygen atoms in total. The number of benzene rings is 3. The maximum Gasteiger partial charge on any atom is 0.135 e. The maximum atomic E-state index is 14.0. The third kappa shape index (κ3) is 7.92. The first-order chi connectivity index (χ1) is 19.5. The predicted molar refractivity (Wildman–Crippen MR) is 162 cm³/mol. The minimum atomic E-state index is -0.549. The quantitative estimate of drug-likeness (QED) is 0.212. The number of halogens is 2. The first-order valence-corrected chi connectivity index (χ1v) is 14.3. The molecule has 4 aromatic rings. The molecule has 0 radical (unpaired) electrons. The summed E-state index contributed by atoms with van der Waals surface area (Å²) in [7, 11) is 0. The van der Waals surface area contributed by atoms with E-state index in [4.69, 9.17) is 0 Å². The third-order valence-corrected chi connectivity index (χ3v) is 7.09.